The monoisotopic (exact) mass is 276 g/mol. The molecule has 0 fully saturated rings. The lowest BCUT2D eigenvalue weighted by atomic mass is 9.95. The van der Waals surface area contributed by atoms with Gasteiger partial charge in [-0.05, 0) is 42.4 Å². The first-order chi connectivity index (χ1) is 9.49. The topological polar surface area (TPSA) is 57.5 Å². The van der Waals surface area contributed by atoms with Gasteiger partial charge in [0.1, 0.15) is 5.75 Å². The third kappa shape index (κ3) is 4.41. The number of phenolic OH excluding ortho intramolecular Hbond substituents is 1. The van der Waals surface area contributed by atoms with E-state index in [1.165, 1.54) is 0 Å². The van der Waals surface area contributed by atoms with Gasteiger partial charge in [0.25, 0.3) is 0 Å². The average molecular weight is 276 g/mol. The Balaban J connectivity index is 2.95. The van der Waals surface area contributed by atoms with Crippen molar-refractivity contribution in [3.8, 4) is 5.75 Å². The highest BCUT2D eigenvalue weighted by Gasteiger charge is 2.10. The maximum atomic E-state index is 10.8. The fourth-order valence-corrected chi connectivity index (χ4v) is 2.30. The molecule has 0 bridgehead atoms. The van der Waals surface area contributed by atoms with Crippen LogP contribution in [0.5, 0.6) is 5.75 Å². The lowest BCUT2D eigenvalue weighted by Gasteiger charge is -2.12. The minimum absolute atomic E-state index is 0.229. The maximum absolute atomic E-state index is 10.8. The van der Waals surface area contributed by atoms with Gasteiger partial charge < -0.3 is 10.2 Å². The molecule has 3 nitrogen and oxygen atoms in total. The Labute approximate surface area is 121 Å². The Hall–Kier alpha value is -1.77. The summed E-state index contributed by atoms with van der Waals surface area (Å²) in [6.45, 7) is 7.72. The van der Waals surface area contributed by atoms with Crippen LogP contribution in [0, 0.1) is 0 Å². The van der Waals surface area contributed by atoms with Crippen molar-refractivity contribution in [1.82, 2.24) is 0 Å². The predicted molar refractivity (Wildman–Crippen MR) is 81.2 cm³/mol. The van der Waals surface area contributed by atoms with Crippen LogP contribution in [0.2, 0.25) is 0 Å². The van der Waals surface area contributed by atoms with Crippen LogP contribution in [0.3, 0.4) is 0 Å². The number of hydrogen-bond acceptors (Lipinski definition) is 2. The van der Waals surface area contributed by atoms with Crippen molar-refractivity contribution in [3.05, 3.63) is 41.0 Å². The van der Waals surface area contributed by atoms with Gasteiger partial charge in [0, 0.05) is 5.57 Å². The smallest absolute Gasteiger partial charge is 0.330 e. The summed E-state index contributed by atoms with van der Waals surface area (Å²) in [4.78, 5) is 10.8. The van der Waals surface area contributed by atoms with Crippen molar-refractivity contribution in [2.75, 3.05) is 0 Å². The van der Waals surface area contributed by atoms with Gasteiger partial charge in [-0.15, -0.1) is 0 Å². The minimum atomic E-state index is -0.939. The molecule has 0 aliphatic rings. The van der Waals surface area contributed by atoms with Crippen molar-refractivity contribution in [1.29, 1.82) is 0 Å². The second-order valence-electron chi connectivity index (χ2n) is 5.17. The van der Waals surface area contributed by atoms with E-state index in [4.69, 9.17) is 5.11 Å². The van der Waals surface area contributed by atoms with E-state index >= 15 is 0 Å². The molecule has 3 heteroatoms. The molecule has 1 rings (SSSR count). The Bertz CT molecular complexity index is 462. The number of aliphatic carboxylic acids is 1. The van der Waals surface area contributed by atoms with Crippen molar-refractivity contribution in [2.45, 2.75) is 52.4 Å². The molecule has 0 saturated carbocycles. The number of aromatic hydroxyl groups is 1. The molecule has 0 aromatic heterocycles. The molecule has 0 aliphatic heterocycles. The highest BCUT2D eigenvalue weighted by molar-refractivity contribution is 5.85. The quantitative estimate of drug-likeness (QED) is 0.709. The summed E-state index contributed by atoms with van der Waals surface area (Å²) in [5.41, 5.74) is 3.24. The van der Waals surface area contributed by atoms with Gasteiger partial charge in [-0.1, -0.05) is 45.4 Å². The number of phenols is 1. The zero-order valence-electron chi connectivity index (χ0n) is 12.4. The molecule has 110 valence electrons. The first kappa shape index (κ1) is 16.3. The van der Waals surface area contributed by atoms with E-state index in [1.807, 2.05) is 12.1 Å². The molecule has 0 heterocycles. The highest BCUT2D eigenvalue weighted by Crippen LogP contribution is 2.28. The first-order valence-corrected chi connectivity index (χ1v) is 7.24. The summed E-state index contributed by atoms with van der Waals surface area (Å²) >= 11 is 0. The molecule has 2 N–H and O–H groups in total. The molecule has 1 aromatic rings. The van der Waals surface area contributed by atoms with Crippen LogP contribution >= 0.6 is 0 Å². The minimum Gasteiger partial charge on any atom is -0.507 e. The largest absolute Gasteiger partial charge is 0.507 e. The second-order valence-corrected chi connectivity index (χ2v) is 5.17. The van der Waals surface area contributed by atoms with Crippen LogP contribution in [0.15, 0.2) is 24.3 Å². The molecular weight excluding hydrogens is 252 g/mol. The van der Waals surface area contributed by atoms with E-state index in [9.17, 15) is 9.90 Å². The Morgan fingerprint density at radius 1 is 1.10 bits per heavy atom. The Morgan fingerprint density at radius 3 is 2.00 bits per heavy atom. The fraction of sp³-hybridized carbons (Fsp3) is 0.471. The summed E-state index contributed by atoms with van der Waals surface area (Å²) < 4.78 is 0. The van der Waals surface area contributed by atoms with Gasteiger partial charge in [-0.25, -0.2) is 4.79 Å². The van der Waals surface area contributed by atoms with Crippen molar-refractivity contribution in [2.24, 2.45) is 0 Å². The number of benzene rings is 1. The van der Waals surface area contributed by atoms with E-state index < -0.39 is 5.97 Å². The normalized spacial score (nSPS) is 10.5. The molecule has 0 aliphatic carbocycles. The lowest BCUT2D eigenvalue weighted by molar-refractivity contribution is -0.132. The van der Waals surface area contributed by atoms with Crippen LogP contribution in [0.25, 0.3) is 0 Å². The predicted octanol–water partition coefficient (Wildman–Crippen LogP) is 3.87. The number of carboxylic acids is 1. The zero-order chi connectivity index (χ0) is 15.1. The van der Waals surface area contributed by atoms with Gasteiger partial charge in [0.15, 0.2) is 0 Å². The number of carbonyl (C=O) groups is 1. The Kier molecular flexibility index (Phi) is 6.29. The van der Waals surface area contributed by atoms with E-state index in [0.717, 1.165) is 42.4 Å². The molecule has 0 amide bonds. The molecule has 1 aromatic carbocycles. The highest BCUT2D eigenvalue weighted by atomic mass is 16.4. The van der Waals surface area contributed by atoms with Crippen molar-refractivity contribution >= 4 is 5.97 Å². The second kappa shape index (κ2) is 7.73. The van der Waals surface area contributed by atoms with Crippen LogP contribution in [-0.4, -0.2) is 16.2 Å². The summed E-state index contributed by atoms with van der Waals surface area (Å²) in [6, 6.07) is 3.99. The molecule has 0 spiro atoms. The molecule has 0 atom stereocenters. The van der Waals surface area contributed by atoms with Gasteiger partial charge in [0.05, 0.1) is 0 Å². The van der Waals surface area contributed by atoms with Crippen LogP contribution in [-0.2, 0) is 24.1 Å². The number of hydrogen-bond donors (Lipinski definition) is 2. The summed E-state index contributed by atoms with van der Waals surface area (Å²) in [5, 5.41) is 19.1. The van der Waals surface area contributed by atoms with E-state index in [0.29, 0.717) is 18.6 Å². The van der Waals surface area contributed by atoms with E-state index in [1.54, 1.807) is 0 Å². The Morgan fingerprint density at radius 2 is 1.60 bits per heavy atom. The molecule has 0 unspecified atom stereocenters. The van der Waals surface area contributed by atoms with Crippen molar-refractivity contribution < 1.29 is 15.0 Å². The number of carboxylic acid groups (broad SMARTS) is 1. The van der Waals surface area contributed by atoms with Crippen LogP contribution < -0.4 is 0 Å². The molecule has 0 saturated heterocycles. The van der Waals surface area contributed by atoms with E-state index in [2.05, 4.69) is 20.4 Å². The maximum Gasteiger partial charge on any atom is 0.330 e. The van der Waals surface area contributed by atoms with Crippen LogP contribution in [0.4, 0.5) is 0 Å². The summed E-state index contributed by atoms with van der Waals surface area (Å²) in [5.74, 6) is -0.527. The number of aryl methyl sites for hydroxylation is 3. The van der Waals surface area contributed by atoms with Gasteiger partial charge in [0.2, 0.25) is 0 Å². The zero-order valence-corrected chi connectivity index (χ0v) is 12.4. The first-order valence-electron chi connectivity index (χ1n) is 7.24. The van der Waals surface area contributed by atoms with Gasteiger partial charge in [-0.2, -0.15) is 0 Å². The lowest BCUT2D eigenvalue weighted by Crippen LogP contribution is -2.01. The van der Waals surface area contributed by atoms with E-state index in [-0.39, 0.29) is 5.57 Å². The molecular formula is C17H24O3. The summed E-state index contributed by atoms with van der Waals surface area (Å²) in [6.07, 6.45) is 4.73. The summed E-state index contributed by atoms with van der Waals surface area (Å²) in [7, 11) is 0. The standard InChI is InChI=1S/C17H24O3/c1-4-6-14-10-13(9-8-12(3)17(19)20)11-15(7-5-2)16(14)18/h10-11,18H,3-9H2,1-2H3,(H,19,20). The third-order valence-corrected chi connectivity index (χ3v) is 3.38. The fourth-order valence-electron chi connectivity index (χ4n) is 2.30. The van der Waals surface area contributed by atoms with Crippen molar-refractivity contribution in [3.63, 3.8) is 0 Å². The van der Waals surface area contributed by atoms with Crippen LogP contribution in [0.1, 0.15) is 49.8 Å². The SMILES string of the molecule is C=C(CCc1cc(CCC)c(O)c(CCC)c1)C(=O)O. The van der Waals surface area contributed by atoms with Gasteiger partial charge >= 0.3 is 5.97 Å². The molecule has 0 radical (unpaired) electrons. The number of rotatable bonds is 8. The van der Waals surface area contributed by atoms with Gasteiger partial charge in [-0.3, -0.25) is 0 Å². The molecule has 20 heavy (non-hydrogen) atoms. The average Bonchev–Trinajstić information content (AvgIpc) is 2.41. The third-order valence-electron chi connectivity index (χ3n) is 3.38.